The molecular weight excluding hydrogens is 274 g/mol. The smallest absolute Gasteiger partial charge is 0.434 e. The fourth-order valence-electron chi connectivity index (χ4n) is 1.43. The Bertz CT molecular complexity index is 435. The van der Waals surface area contributed by atoms with Crippen molar-refractivity contribution in [3.05, 3.63) is 35.9 Å². The number of hydrogen-bond acceptors (Lipinski definition) is 6. The number of carbonyl (C=O) groups excluding carboxylic acids is 2. The van der Waals surface area contributed by atoms with Crippen LogP contribution in [0.4, 0.5) is 4.79 Å². The first-order chi connectivity index (χ1) is 10.1. The van der Waals surface area contributed by atoms with Crippen molar-refractivity contribution in [2.45, 2.75) is 32.4 Å². The Hall–Kier alpha value is -1.92. The summed E-state index contributed by atoms with van der Waals surface area (Å²) in [7, 11) is 0. The highest BCUT2D eigenvalue weighted by Gasteiger charge is 2.19. The third-order valence-corrected chi connectivity index (χ3v) is 2.61. The zero-order valence-corrected chi connectivity index (χ0v) is 12.1. The molecule has 1 aromatic carbocycles. The molecule has 1 rings (SSSR count). The topological polar surface area (TPSA) is 87.9 Å². The molecule has 21 heavy (non-hydrogen) atoms. The molecule has 0 radical (unpaired) electrons. The first-order valence-electron chi connectivity index (χ1n) is 6.89. The zero-order valence-electron chi connectivity index (χ0n) is 12.1. The first kappa shape index (κ1) is 17.1. The molecule has 0 spiro atoms. The summed E-state index contributed by atoms with van der Waals surface area (Å²) in [5.41, 5.74) is 6.55. The third kappa shape index (κ3) is 7.43. The molecule has 0 bridgehead atoms. The molecule has 6 nitrogen and oxygen atoms in total. The van der Waals surface area contributed by atoms with Crippen LogP contribution in [0.25, 0.3) is 0 Å². The van der Waals surface area contributed by atoms with Crippen LogP contribution in [0.5, 0.6) is 0 Å². The number of ether oxygens (including phenoxy) is 3. The molecule has 0 aliphatic rings. The quantitative estimate of drug-likeness (QED) is 0.448. The number of esters is 1. The Morgan fingerprint density at radius 2 is 1.95 bits per heavy atom. The molecule has 0 fully saturated rings. The molecule has 6 heteroatoms. The van der Waals surface area contributed by atoms with Crippen molar-refractivity contribution in [2.24, 2.45) is 5.73 Å². The molecule has 1 atom stereocenters. The van der Waals surface area contributed by atoms with E-state index < -0.39 is 18.2 Å². The van der Waals surface area contributed by atoms with Gasteiger partial charge in [-0.2, -0.15) is 0 Å². The van der Waals surface area contributed by atoms with E-state index in [1.54, 1.807) is 0 Å². The summed E-state index contributed by atoms with van der Waals surface area (Å²) in [6.45, 7) is 2.49. The second-order valence-electron chi connectivity index (χ2n) is 4.48. The highest BCUT2D eigenvalue weighted by Crippen LogP contribution is 2.01. The van der Waals surface area contributed by atoms with Gasteiger partial charge >= 0.3 is 12.1 Å². The third-order valence-electron chi connectivity index (χ3n) is 2.61. The summed E-state index contributed by atoms with van der Waals surface area (Å²) < 4.78 is 14.5. The van der Waals surface area contributed by atoms with Gasteiger partial charge < -0.3 is 19.9 Å². The number of unbranched alkanes of at least 4 members (excludes halogenated alkanes) is 1. The molecule has 2 N–H and O–H groups in total. The van der Waals surface area contributed by atoms with Gasteiger partial charge in [-0.05, 0) is 12.0 Å². The van der Waals surface area contributed by atoms with Crippen LogP contribution in [0, 0.1) is 0 Å². The number of benzene rings is 1. The molecule has 116 valence electrons. The number of hydrogen-bond donors (Lipinski definition) is 1. The number of nitrogens with two attached hydrogens (primary N) is 1. The van der Waals surface area contributed by atoms with E-state index in [1.807, 2.05) is 37.3 Å². The molecule has 0 saturated carbocycles. The lowest BCUT2D eigenvalue weighted by molar-refractivity contribution is -0.142. The predicted octanol–water partition coefficient (Wildman–Crippen LogP) is 2.01. The summed E-state index contributed by atoms with van der Waals surface area (Å²) in [5, 5.41) is 0. The van der Waals surface area contributed by atoms with E-state index in [9.17, 15) is 9.59 Å². The molecule has 0 saturated heterocycles. The lowest BCUT2D eigenvalue weighted by Gasteiger charge is -2.11. The van der Waals surface area contributed by atoms with Gasteiger partial charge in [0.05, 0.1) is 19.8 Å². The molecule has 0 amide bonds. The first-order valence-corrected chi connectivity index (χ1v) is 6.89. The molecular formula is C15H21NO5. The number of rotatable bonds is 8. The Morgan fingerprint density at radius 3 is 2.62 bits per heavy atom. The van der Waals surface area contributed by atoms with Gasteiger partial charge in [0.2, 0.25) is 0 Å². The maximum absolute atomic E-state index is 11.5. The van der Waals surface area contributed by atoms with Crippen molar-refractivity contribution in [3.63, 3.8) is 0 Å². The minimum Gasteiger partial charge on any atom is -0.434 e. The van der Waals surface area contributed by atoms with Crippen LogP contribution in [0.1, 0.15) is 25.3 Å². The van der Waals surface area contributed by atoms with Gasteiger partial charge in [-0.1, -0.05) is 43.7 Å². The monoisotopic (exact) mass is 295 g/mol. The van der Waals surface area contributed by atoms with Crippen LogP contribution in [0.3, 0.4) is 0 Å². The van der Waals surface area contributed by atoms with Gasteiger partial charge in [-0.3, -0.25) is 0 Å². The summed E-state index contributed by atoms with van der Waals surface area (Å²) in [6, 6.07) is 8.45. The van der Waals surface area contributed by atoms with Crippen LogP contribution >= 0.6 is 0 Å². The summed E-state index contributed by atoms with van der Waals surface area (Å²) in [5.74, 6) is -0.857. The van der Waals surface area contributed by atoms with Crippen LogP contribution in [-0.2, 0) is 25.6 Å². The van der Waals surface area contributed by atoms with Gasteiger partial charge in [0.25, 0.3) is 0 Å². The standard InChI is InChI=1S/C15H21NO5/c1-2-3-9-20-15(18)21-14(17)13(16)11-19-10-12-7-5-4-6-8-12/h4-8,13H,2-3,9-11,16H2,1H3/t13-/m0/s1. The fourth-order valence-corrected chi connectivity index (χ4v) is 1.43. The molecule has 0 aromatic heterocycles. The Balaban J connectivity index is 2.20. The molecule has 0 unspecified atom stereocenters. The summed E-state index contributed by atoms with van der Waals surface area (Å²) in [6.07, 6.45) is 0.579. The van der Waals surface area contributed by atoms with E-state index in [0.717, 1.165) is 18.4 Å². The molecule has 0 aliphatic carbocycles. The van der Waals surface area contributed by atoms with E-state index in [0.29, 0.717) is 6.61 Å². The van der Waals surface area contributed by atoms with Crippen LogP contribution in [-0.4, -0.2) is 31.4 Å². The van der Waals surface area contributed by atoms with Gasteiger partial charge in [0.1, 0.15) is 6.04 Å². The van der Waals surface area contributed by atoms with Crippen molar-refractivity contribution >= 4 is 12.1 Å². The summed E-state index contributed by atoms with van der Waals surface area (Å²) in [4.78, 5) is 22.7. The fraction of sp³-hybridized carbons (Fsp3) is 0.467. The molecule has 0 heterocycles. The Morgan fingerprint density at radius 1 is 1.24 bits per heavy atom. The highest BCUT2D eigenvalue weighted by molar-refractivity contribution is 5.85. The van der Waals surface area contributed by atoms with Crippen molar-refractivity contribution in [1.29, 1.82) is 0 Å². The largest absolute Gasteiger partial charge is 0.516 e. The predicted molar refractivity (Wildman–Crippen MR) is 76.4 cm³/mol. The Labute approximate surface area is 124 Å². The van der Waals surface area contributed by atoms with Crippen LogP contribution < -0.4 is 5.73 Å². The SMILES string of the molecule is CCCCOC(=O)OC(=O)[C@@H](N)COCc1ccccc1. The minimum absolute atomic E-state index is 0.0318. The van der Waals surface area contributed by atoms with Crippen molar-refractivity contribution in [2.75, 3.05) is 13.2 Å². The average molecular weight is 295 g/mol. The van der Waals surface area contributed by atoms with E-state index in [4.69, 9.17) is 15.2 Å². The second-order valence-corrected chi connectivity index (χ2v) is 4.48. The maximum Gasteiger partial charge on any atom is 0.516 e. The van der Waals surface area contributed by atoms with Crippen LogP contribution in [0.2, 0.25) is 0 Å². The lowest BCUT2D eigenvalue weighted by Crippen LogP contribution is -2.38. The van der Waals surface area contributed by atoms with Gasteiger partial charge in [-0.15, -0.1) is 0 Å². The van der Waals surface area contributed by atoms with Gasteiger partial charge in [0, 0.05) is 0 Å². The normalized spacial score (nSPS) is 11.7. The van der Waals surface area contributed by atoms with E-state index >= 15 is 0 Å². The second kappa shape index (κ2) is 9.90. The Kier molecular flexibility index (Phi) is 8.08. The summed E-state index contributed by atoms with van der Waals surface area (Å²) >= 11 is 0. The molecule has 0 aliphatic heterocycles. The van der Waals surface area contributed by atoms with E-state index in [1.165, 1.54) is 0 Å². The maximum atomic E-state index is 11.5. The van der Waals surface area contributed by atoms with Crippen LogP contribution in [0.15, 0.2) is 30.3 Å². The highest BCUT2D eigenvalue weighted by atomic mass is 16.7. The zero-order chi connectivity index (χ0) is 15.5. The lowest BCUT2D eigenvalue weighted by atomic mass is 10.2. The van der Waals surface area contributed by atoms with Gasteiger partial charge in [-0.25, -0.2) is 9.59 Å². The minimum atomic E-state index is -1.02. The van der Waals surface area contributed by atoms with Crippen molar-refractivity contribution in [3.8, 4) is 0 Å². The number of carbonyl (C=O) groups is 2. The average Bonchev–Trinajstić information content (AvgIpc) is 2.48. The van der Waals surface area contributed by atoms with Gasteiger partial charge in [0.15, 0.2) is 0 Å². The molecule has 1 aromatic rings. The van der Waals surface area contributed by atoms with E-state index in [-0.39, 0.29) is 13.2 Å². The van der Waals surface area contributed by atoms with E-state index in [2.05, 4.69) is 4.74 Å². The van der Waals surface area contributed by atoms with Crippen molar-refractivity contribution < 1.29 is 23.8 Å². The van der Waals surface area contributed by atoms with Crippen molar-refractivity contribution in [1.82, 2.24) is 0 Å².